The van der Waals surface area contributed by atoms with Crippen LogP contribution in [-0.4, -0.2) is 11.4 Å². The topological polar surface area (TPSA) is 29.1 Å². The minimum atomic E-state index is 0.0218. The first-order valence-corrected chi connectivity index (χ1v) is 7.43. The van der Waals surface area contributed by atoms with E-state index >= 15 is 0 Å². The van der Waals surface area contributed by atoms with E-state index in [9.17, 15) is 4.79 Å². The minimum Gasteiger partial charge on any atom is -0.351 e. The second-order valence-electron chi connectivity index (χ2n) is 6.17. The lowest BCUT2D eigenvalue weighted by Crippen LogP contribution is -2.44. The van der Waals surface area contributed by atoms with Crippen LogP contribution in [0.3, 0.4) is 0 Å². The molecule has 0 heterocycles. The summed E-state index contributed by atoms with van der Waals surface area (Å²) in [7, 11) is 0. The molecule has 2 aromatic rings. The molecule has 0 atom stereocenters. The van der Waals surface area contributed by atoms with E-state index in [0.717, 1.165) is 18.4 Å². The van der Waals surface area contributed by atoms with Gasteiger partial charge in [-0.25, -0.2) is 0 Å². The Balaban J connectivity index is 1.70. The van der Waals surface area contributed by atoms with E-state index in [1.807, 2.05) is 12.1 Å². The smallest absolute Gasteiger partial charge is 0.224 e. The monoisotopic (exact) mass is 267 g/mol. The van der Waals surface area contributed by atoms with E-state index in [0.29, 0.717) is 6.42 Å². The number of carbonyl (C=O) groups is 1. The van der Waals surface area contributed by atoms with Gasteiger partial charge in [-0.2, -0.15) is 0 Å². The van der Waals surface area contributed by atoms with Crippen molar-refractivity contribution in [2.45, 2.75) is 44.6 Å². The molecule has 3 rings (SSSR count). The van der Waals surface area contributed by atoms with Crippen LogP contribution in [0.15, 0.2) is 42.5 Å². The first kappa shape index (κ1) is 13.2. The standard InChI is InChI=1S/C18H21NO/c1-18(10-4-5-11-18)19-17(20)13-14-8-9-15-6-2-3-7-16(15)12-14/h2-3,6-9,12H,4-5,10-11,13H2,1H3,(H,19,20). The van der Waals surface area contributed by atoms with Gasteiger partial charge in [-0.05, 0) is 36.1 Å². The number of amides is 1. The van der Waals surface area contributed by atoms with Crippen molar-refractivity contribution in [3.8, 4) is 0 Å². The van der Waals surface area contributed by atoms with E-state index in [1.54, 1.807) is 0 Å². The SMILES string of the molecule is CC1(NC(=O)Cc2ccc3ccccc3c2)CCCC1. The fraction of sp³-hybridized carbons (Fsp3) is 0.389. The van der Waals surface area contributed by atoms with Gasteiger partial charge >= 0.3 is 0 Å². The normalized spacial score (nSPS) is 17.2. The molecule has 0 radical (unpaired) electrons. The summed E-state index contributed by atoms with van der Waals surface area (Å²) >= 11 is 0. The Hall–Kier alpha value is -1.83. The van der Waals surface area contributed by atoms with Crippen LogP contribution in [-0.2, 0) is 11.2 Å². The van der Waals surface area contributed by atoms with Gasteiger partial charge in [0.05, 0.1) is 6.42 Å². The van der Waals surface area contributed by atoms with Gasteiger partial charge in [-0.15, -0.1) is 0 Å². The van der Waals surface area contributed by atoms with Gasteiger partial charge in [0.1, 0.15) is 0 Å². The lowest BCUT2D eigenvalue weighted by Gasteiger charge is -2.25. The van der Waals surface area contributed by atoms with Gasteiger partial charge in [0.15, 0.2) is 0 Å². The van der Waals surface area contributed by atoms with Crippen LogP contribution in [0.1, 0.15) is 38.2 Å². The maximum Gasteiger partial charge on any atom is 0.224 e. The molecular weight excluding hydrogens is 246 g/mol. The highest BCUT2D eigenvalue weighted by molar-refractivity contribution is 5.85. The highest BCUT2D eigenvalue weighted by atomic mass is 16.1. The fourth-order valence-electron chi connectivity index (χ4n) is 3.20. The Morgan fingerprint density at radius 2 is 1.80 bits per heavy atom. The Morgan fingerprint density at radius 3 is 2.55 bits per heavy atom. The molecule has 2 heteroatoms. The van der Waals surface area contributed by atoms with E-state index in [-0.39, 0.29) is 11.4 Å². The largest absolute Gasteiger partial charge is 0.351 e. The van der Waals surface area contributed by atoms with Crippen molar-refractivity contribution in [3.63, 3.8) is 0 Å². The van der Waals surface area contributed by atoms with Crippen LogP contribution < -0.4 is 5.32 Å². The average molecular weight is 267 g/mol. The zero-order valence-electron chi connectivity index (χ0n) is 12.0. The van der Waals surface area contributed by atoms with Gasteiger partial charge < -0.3 is 5.32 Å². The third-order valence-corrected chi connectivity index (χ3v) is 4.33. The Morgan fingerprint density at radius 1 is 1.10 bits per heavy atom. The third kappa shape index (κ3) is 2.84. The summed E-state index contributed by atoms with van der Waals surface area (Å²) in [6, 6.07) is 14.5. The van der Waals surface area contributed by atoms with E-state index in [2.05, 4.69) is 42.6 Å². The first-order valence-electron chi connectivity index (χ1n) is 7.43. The molecule has 1 aliphatic carbocycles. The van der Waals surface area contributed by atoms with Crippen LogP contribution in [0.25, 0.3) is 10.8 Å². The zero-order chi connectivity index (χ0) is 14.0. The summed E-state index contributed by atoms with van der Waals surface area (Å²) < 4.78 is 0. The molecular formula is C18H21NO. The summed E-state index contributed by atoms with van der Waals surface area (Å²) in [5, 5.41) is 5.63. The predicted molar refractivity (Wildman–Crippen MR) is 82.7 cm³/mol. The number of hydrogen-bond donors (Lipinski definition) is 1. The average Bonchev–Trinajstić information content (AvgIpc) is 2.84. The molecule has 1 N–H and O–H groups in total. The van der Waals surface area contributed by atoms with Crippen LogP contribution in [0.4, 0.5) is 0 Å². The van der Waals surface area contributed by atoms with Gasteiger partial charge in [-0.1, -0.05) is 55.3 Å². The van der Waals surface area contributed by atoms with Crippen molar-refractivity contribution in [2.24, 2.45) is 0 Å². The number of rotatable bonds is 3. The first-order chi connectivity index (χ1) is 9.65. The van der Waals surface area contributed by atoms with Crippen LogP contribution >= 0.6 is 0 Å². The molecule has 1 amide bonds. The second kappa shape index (κ2) is 5.28. The molecule has 0 bridgehead atoms. The van der Waals surface area contributed by atoms with E-state index in [4.69, 9.17) is 0 Å². The van der Waals surface area contributed by atoms with Crippen LogP contribution in [0, 0.1) is 0 Å². The lowest BCUT2D eigenvalue weighted by molar-refractivity contribution is -0.122. The molecule has 20 heavy (non-hydrogen) atoms. The second-order valence-corrected chi connectivity index (χ2v) is 6.17. The van der Waals surface area contributed by atoms with Crippen molar-refractivity contribution < 1.29 is 4.79 Å². The number of carbonyl (C=O) groups excluding carboxylic acids is 1. The Labute approximate surface area is 120 Å². The Kier molecular flexibility index (Phi) is 3.47. The van der Waals surface area contributed by atoms with Crippen molar-refractivity contribution in [1.82, 2.24) is 5.32 Å². The summed E-state index contributed by atoms with van der Waals surface area (Å²) in [5.41, 5.74) is 1.11. The van der Waals surface area contributed by atoms with Crippen molar-refractivity contribution in [1.29, 1.82) is 0 Å². The number of hydrogen-bond acceptors (Lipinski definition) is 1. The maximum absolute atomic E-state index is 12.2. The molecule has 2 aromatic carbocycles. The highest BCUT2D eigenvalue weighted by Crippen LogP contribution is 2.29. The zero-order valence-corrected chi connectivity index (χ0v) is 12.0. The predicted octanol–water partition coefficient (Wildman–Crippen LogP) is 3.83. The van der Waals surface area contributed by atoms with E-state index < -0.39 is 0 Å². The molecule has 1 fully saturated rings. The van der Waals surface area contributed by atoms with Gasteiger partial charge in [-0.3, -0.25) is 4.79 Å². The van der Waals surface area contributed by atoms with E-state index in [1.165, 1.54) is 23.6 Å². The summed E-state index contributed by atoms with van der Waals surface area (Å²) in [5.74, 6) is 0.143. The minimum absolute atomic E-state index is 0.0218. The Bertz CT molecular complexity index is 626. The quantitative estimate of drug-likeness (QED) is 0.899. The number of fused-ring (bicyclic) bond motifs is 1. The number of benzene rings is 2. The lowest BCUT2D eigenvalue weighted by atomic mass is 9.99. The summed E-state index contributed by atoms with van der Waals surface area (Å²) in [6.07, 6.45) is 5.15. The molecule has 1 aliphatic rings. The maximum atomic E-state index is 12.2. The van der Waals surface area contributed by atoms with Crippen molar-refractivity contribution in [3.05, 3.63) is 48.0 Å². The van der Waals surface area contributed by atoms with Crippen molar-refractivity contribution in [2.75, 3.05) is 0 Å². The van der Waals surface area contributed by atoms with Crippen LogP contribution in [0.2, 0.25) is 0 Å². The fourth-order valence-corrected chi connectivity index (χ4v) is 3.20. The molecule has 1 saturated carbocycles. The van der Waals surface area contributed by atoms with Gasteiger partial charge in [0.2, 0.25) is 5.91 Å². The third-order valence-electron chi connectivity index (χ3n) is 4.33. The summed E-state index contributed by atoms with van der Waals surface area (Å²) in [4.78, 5) is 12.2. The van der Waals surface area contributed by atoms with Gasteiger partial charge in [0.25, 0.3) is 0 Å². The number of nitrogens with one attached hydrogen (secondary N) is 1. The highest BCUT2D eigenvalue weighted by Gasteiger charge is 2.29. The molecule has 0 unspecified atom stereocenters. The molecule has 0 spiro atoms. The summed E-state index contributed by atoms with van der Waals surface area (Å²) in [6.45, 7) is 2.16. The molecule has 0 saturated heterocycles. The molecule has 0 aromatic heterocycles. The molecule has 2 nitrogen and oxygen atoms in total. The molecule has 104 valence electrons. The van der Waals surface area contributed by atoms with Crippen molar-refractivity contribution >= 4 is 16.7 Å². The molecule has 0 aliphatic heterocycles. The van der Waals surface area contributed by atoms with Gasteiger partial charge in [0, 0.05) is 5.54 Å². The van der Waals surface area contributed by atoms with Crippen LogP contribution in [0.5, 0.6) is 0 Å².